The summed E-state index contributed by atoms with van der Waals surface area (Å²) in [4.78, 5) is 14.7. The first-order valence-electron chi connectivity index (χ1n) is 9.70. The van der Waals surface area contributed by atoms with Gasteiger partial charge in [-0.05, 0) is 48.0 Å². The average molecular weight is 477 g/mol. The van der Waals surface area contributed by atoms with Crippen LogP contribution < -0.4 is 4.72 Å². The molecule has 1 amide bonds. The molecule has 0 atom stereocenters. The maximum absolute atomic E-state index is 13.2. The number of sulfonamides is 1. The topological polar surface area (TPSA) is 75.7 Å². The molecule has 3 aromatic rings. The van der Waals surface area contributed by atoms with E-state index in [9.17, 15) is 17.6 Å². The quantitative estimate of drug-likeness (QED) is 0.491. The molecule has 1 N–H and O–H groups in total. The van der Waals surface area contributed by atoms with E-state index in [1.807, 2.05) is 30.3 Å². The number of hydrogen-bond acceptors (Lipinski definition) is 4. The highest BCUT2D eigenvalue weighted by Crippen LogP contribution is 2.27. The SMILES string of the molecule is COCCN(Cc1ccccc1)C(=O)c1ccc(Cl)c(NS(=O)(=O)c2ccc(F)cc2)c1. The van der Waals surface area contributed by atoms with E-state index in [1.54, 1.807) is 12.0 Å². The van der Waals surface area contributed by atoms with Crippen LogP contribution in [0.15, 0.2) is 77.7 Å². The number of halogens is 2. The predicted octanol–water partition coefficient (Wildman–Crippen LogP) is 4.57. The molecule has 0 radical (unpaired) electrons. The van der Waals surface area contributed by atoms with Crippen molar-refractivity contribution in [2.75, 3.05) is 25.0 Å². The van der Waals surface area contributed by atoms with Gasteiger partial charge in [-0.1, -0.05) is 41.9 Å². The molecule has 0 aliphatic carbocycles. The van der Waals surface area contributed by atoms with Crippen molar-refractivity contribution in [3.05, 3.63) is 94.8 Å². The number of nitrogens with one attached hydrogen (secondary N) is 1. The molecule has 0 aliphatic heterocycles. The molecule has 3 rings (SSSR count). The Hall–Kier alpha value is -2.94. The van der Waals surface area contributed by atoms with Crippen LogP contribution in [0.5, 0.6) is 0 Å². The van der Waals surface area contributed by atoms with Crippen molar-refractivity contribution in [1.82, 2.24) is 4.90 Å². The van der Waals surface area contributed by atoms with E-state index in [-0.39, 0.29) is 27.1 Å². The Morgan fingerprint density at radius 1 is 1.06 bits per heavy atom. The third-order valence-electron chi connectivity index (χ3n) is 4.65. The summed E-state index contributed by atoms with van der Waals surface area (Å²) >= 11 is 6.18. The minimum Gasteiger partial charge on any atom is -0.383 e. The summed E-state index contributed by atoms with van der Waals surface area (Å²) in [5.41, 5.74) is 1.26. The maximum atomic E-state index is 13.2. The number of benzene rings is 3. The van der Waals surface area contributed by atoms with Gasteiger partial charge in [-0.25, -0.2) is 12.8 Å². The molecule has 0 fully saturated rings. The van der Waals surface area contributed by atoms with Crippen LogP contribution in [-0.4, -0.2) is 39.5 Å². The molecule has 9 heteroatoms. The molecule has 3 aromatic carbocycles. The standard InChI is InChI=1S/C23H22ClFN2O4S/c1-31-14-13-27(16-17-5-3-2-4-6-17)23(28)18-7-12-21(24)22(15-18)26-32(29,30)20-10-8-19(25)9-11-20/h2-12,15,26H,13-14,16H2,1H3. The largest absolute Gasteiger partial charge is 0.383 e. The first kappa shape index (κ1) is 23.7. The lowest BCUT2D eigenvalue weighted by atomic mass is 10.1. The second-order valence-electron chi connectivity index (χ2n) is 6.96. The first-order valence-corrected chi connectivity index (χ1v) is 11.6. The third-order valence-corrected chi connectivity index (χ3v) is 6.36. The van der Waals surface area contributed by atoms with Crippen molar-refractivity contribution >= 4 is 33.2 Å². The summed E-state index contributed by atoms with van der Waals surface area (Å²) in [5.74, 6) is -0.853. The van der Waals surface area contributed by atoms with Crippen molar-refractivity contribution in [2.24, 2.45) is 0 Å². The van der Waals surface area contributed by atoms with E-state index in [0.29, 0.717) is 19.7 Å². The maximum Gasteiger partial charge on any atom is 0.261 e. The summed E-state index contributed by atoms with van der Waals surface area (Å²) in [5, 5.41) is 0.124. The summed E-state index contributed by atoms with van der Waals surface area (Å²) in [7, 11) is -2.47. The number of nitrogens with zero attached hydrogens (tertiary/aromatic N) is 1. The van der Waals surface area contributed by atoms with Crippen LogP contribution in [0.25, 0.3) is 0 Å². The zero-order chi connectivity index (χ0) is 23.1. The minimum absolute atomic E-state index is 0.0493. The van der Waals surface area contributed by atoms with E-state index < -0.39 is 15.8 Å². The van der Waals surface area contributed by atoms with Gasteiger partial charge < -0.3 is 9.64 Å². The Balaban J connectivity index is 1.86. The van der Waals surface area contributed by atoms with E-state index in [2.05, 4.69) is 4.72 Å². The van der Waals surface area contributed by atoms with Gasteiger partial charge in [-0.15, -0.1) is 0 Å². The number of rotatable bonds is 9. The van der Waals surface area contributed by atoms with Gasteiger partial charge in [0.05, 0.1) is 22.2 Å². The lowest BCUT2D eigenvalue weighted by Crippen LogP contribution is -2.33. The monoisotopic (exact) mass is 476 g/mol. The van der Waals surface area contributed by atoms with Gasteiger partial charge >= 0.3 is 0 Å². The summed E-state index contributed by atoms with van der Waals surface area (Å²) < 4.78 is 46.0. The Kier molecular flexibility index (Phi) is 7.84. The van der Waals surface area contributed by atoms with Crippen molar-refractivity contribution in [3.8, 4) is 0 Å². The Labute approximate surface area is 191 Å². The lowest BCUT2D eigenvalue weighted by molar-refractivity contribution is 0.0680. The van der Waals surface area contributed by atoms with Crippen LogP contribution in [0.2, 0.25) is 5.02 Å². The normalized spacial score (nSPS) is 11.2. The third kappa shape index (κ3) is 6.06. The fourth-order valence-electron chi connectivity index (χ4n) is 2.99. The van der Waals surface area contributed by atoms with E-state index >= 15 is 0 Å². The highest BCUT2D eigenvalue weighted by atomic mass is 35.5. The number of amides is 1. The average Bonchev–Trinajstić information content (AvgIpc) is 2.78. The smallest absolute Gasteiger partial charge is 0.261 e. The second-order valence-corrected chi connectivity index (χ2v) is 9.05. The molecule has 0 aromatic heterocycles. The van der Waals surface area contributed by atoms with Crippen molar-refractivity contribution < 1.29 is 22.3 Å². The predicted molar refractivity (Wildman–Crippen MR) is 122 cm³/mol. The van der Waals surface area contributed by atoms with E-state index in [1.165, 1.54) is 18.2 Å². The van der Waals surface area contributed by atoms with Crippen molar-refractivity contribution in [1.29, 1.82) is 0 Å². The van der Waals surface area contributed by atoms with Gasteiger partial charge in [-0.2, -0.15) is 0 Å². The molecule has 0 bridgehead atoms. The highest BCUT2D eigenvalue weighted by Gasteiger charge is 2.20. The summed E-state index contributed by atoms with van der Waals surface area (Å²) in [6.07, 6.45) is 0. The molecule has 0 unspecified atom stereocenters. The second kappa shape index (κ2) is 10.6. The molecule has 32 heavy (non-hydrogen) atoms. The van der Waals surface area contributed by atoms with Crippen molar-refractivity contribution in [2.45, 2.75) is 11.4 Å². The number of carbonyl (C=O) groups is 1. The van der Waals surface area contributed by atoms with Crippen LogP contribution in [0.4, 0.5) is 10.1 Å². The molecule has 0 saturated heterocycles. The molecular formula is C23H22ClFN2O4S. The summed E-state index contributed by atoms with van der Waals surface area (Å²) in [6, 6.07) is 18.3. The zero-order valence-corrected chi connectivity index (χ0v) is 18.9. The lowest BCUT2D eigenvalue weighted by Gasteiger charge is -2.23. The van der Waals surface area contributed by atoms with Gasteiger partial charge in [0.15, 0.2) is 0 Å². The van der Waals surface area contributed by atoms with Crippen LogP contribution in [0.3, 0.4) is 0 Å². The zero-order valence-electron chi connectivity index (χ0n) is 17.3. The first-order chi connectivity index (χ1) is 15.3. The fraction of sp³-hybridized carbons (Fsp3) is 0.174. The van der Waals surface area contributed by atoms with Gasteiger partial charge in [0.1, 0.15) is 5.82 Å². The fourth-order valence-corrected chi connectivity index (χ4v) is 4.29. The van der Waals surface area contributed by atoms with E-state index in [4.69, 9.17) is 16.3 Å². The van der Waals surface area contributed by atoms with E-state index in [0.717, 1.165) is 29.8 Å². The van der Waals surface area contributed by atoms with Gasteiger partial charge in [-0.3, -0.25) is 9.52 Å². The van der Waals surface area contributed by atoms with Gasteiger partial charge in [0.2, 0.25) is 0 Å². The Morgan fingerprint density at radius 3 is 2.41 bits per heavy atom. The number of hydrogen-bond donors (Lipinski definition) is 1. The molecular weight excluding hydrogens is 455 g/mol. The van der Waals surface area contributed by atoms with Crippen molar-refractivity contribution in [3.63, 3.8) is 0 Å². The number of carbonyl (C=O) groups excluding carboxylic acids is 1. The van der Waals surface area contributed by atoms with Gasteiger partial charge in [0.25, 0.3) is 15.9 Å². The van der Waals surface area contributed by atoms with Crippen LogP contribution >= 0.6 is 11.6 Å². The number of ether oxygens (including phenoxy) is 1. The molecule has 0 heterocycles. The van der Waals surface area contributed by atoms with Gasteiger partial charge in [0, 0.05) is 25.8 Å². The number of anilines is 1. The molecule has 0 spiro atoms. The summed E-state index contributed by atoms with van der Waals surface area (Å²) in [6.45, 7) is 1.06. The highest BCUT2D eigenvalue weighted by molar-refractivity contribution is 7.92. The molecule has 6 nitrogen and oxygen atoms in total. The number of methoxy groups -OCH3 is 1. The Bertz CT molecular complexity index is 1170. The molecule has 0 aliphatic rings. The Morgan fingerprint density at radius 2 is 1.75 bits per heavy atom. The minimum atomic E-state index is -4.02. The van der Waals surface area contributed by atoms with Crippen LogP contribution in [0, 0.1) is 5.82 Å². The van der Waals surface area contributed by atoms with Crippen LogP contribution in [0.1, 0.15) is 15.9 Å². The van der Waals surface area contributed by atoms with Crippen LogP contribution in [-0.2, 0) is 21.3 Å². The molecule has 0 saturated carbocycles. The molecule has 168 valence electrons.